The Hall–Kier alpha value is -3.68. The Balaban J connectivity index is 1.60. The number of nitrogens with zero attached hydrogens (tertiary/aromatic N) is 3. The number of carbonyl (C=O) groups excluding carboxylic acids is 2. The number of fused-ring (bicyclic) bond motifs is 1. The maximum Gasteiger partial charge on any atom is 0.265 e. The molecule has 1 unspecified atom stereocenters. The van der Waals surface area contributed by atoms with Crippen LogP contribution in [-0.4, -0.2) is 34.5 Å². The van der Waals surface area contributed by atoms with Crippen LogP contribution in [0.3, 0.4) is 0 Å². The molecule has 1 aliphatic heterocycles. The minimum Gasteiger partial charge on any atom is -0.482 e. The molecule has 0 saturated carbocycles. The number of anilines is 1. The molecule has 0 bridgehead atoms. The highest BCUT2D eigenvalue weighted by molar-refractivity contribution is 6.02. The monoisotopic (exact) mass is 394 g/mol. The second kappa shape index (κ2) is 7.75. The smallest absolute Gasteiger partial charge is 0.265 e. The number of para-hydroxylation sites is 2. The van der Waals surface area contributed by atoms with Gasteiger partial charge in [-0.25, -0.2) is 9.37 Å². The van der Waals surface area contributed by atoms with Gasteiger partial charge < -0.3 is 14.6 Å². The van der Waals surface area contributed by atoms with Crippen LogP contribution in [-0.2, 0) is 16.6 Å². The lowest BCUT2D eigenvalue weighted by molar-refractivity contribution is -0.125. The SMILES string of the molecule is Cn1ccnc1C(NC(=O)CN1C(=O)COc2ccccc21)c1ccccc1F. The Bertz CT molecular complexity index is 1070. The van der Waals surface area contributed by atoms with Gasteiger partial charge in [0.2, 0.25) is 5.91 Å². The zero-order valence-electron chi connectivity index (χ0n) is 15.7. The minimum absolute atomic E-state index is 0.138. The van der Waals surface area contributed by atoms with E-state index < -0.39 is 17.8 Å². The first kappa shape index (κ1) is 18.7. The topological polar surface area (TPSA) is 76.5 Å². The van der Waals surface area contributed by atoms with Crippen LogP contribution in [0.5, 0.6) is 5.75 Å². The van der Waals surface area contributed by atoms with E-state index in [1.54, 1.807) is 66.5 Å². The molecule has 3 aromatic rings. The third kappa shape index (κ3) is 3.69. The Morgan fingerprint density at radius 2 is 2.00 bits per heavy atom. The van der Waals surface area contributed by atoms with Crippen LogP contribution in [0.1, 0.15) is 17.4 Å². The Morgan fingerprint density at radius 1 is 1.24 bits per heavy atom. The van der Waals surface area contributed by atoms with Crippen molar-refractivity contribution in [2.45, 2.75) is 6.04 Å². The number of imidazole rings is 1. The van der Waals surface area contributed by atoms with Crippen molar-refractivity contribution in [1.82, 2.24) is 14.9 Å². The molecule has 8 heteroatoms. The average molecular weight is 394 g/mol. The minimum atomic E-state index is -0.796. The number of halogens is 1. The average Bonchev–Trinajstić information content (AvgIpc) is 3.15. The summed E-state index contributed by atoms with van der Waals surface area (Å²) in [6.45, 7) is -0.352. The molecule has 2 aromatic carbocycles. The molecule has 0 saturated heterocycles. The van der Waals surface area contributed by atoms with Gasteiger partial charge >= 0.3 is 0 Å². The summed E-state index contributed by atoms with van der Waals surface area (Å²) in [4.78, 5) is 30.8. The van der Waals surface area contributed by atoms with Crippen LogP contribution in [0.2, 0.25) is 0 Å². The van der Waals surface area contributed by atoms with Crippen molar-refractivity contribution in [3.05, 3.63) is 78.1 Å². The van der Waals surface area contributed by atoms with E-state index in [-0.39, 0.29) is 19.1 Å². The van der Waals surface area contributed by atoms with Gasteiger partial charge in [0.05, 0.1) is 5.69 Å². The van der Waals surface area contributed by atoms with Crippen LogP contribution in [0.15, 0.2) is 60.9 Å². The summed E-state index contributed by atoms with van der Waals surface area (Å²) >= 11 is 0. The first-order valence-corrected chi connectivity index (χ1v) is 9.08. The van der Waals surface area contributed by atoms with Crippen LogP contribution in [0.4, 0.5) is 10.1 Å². The second-order valence-electron chi connectivity index (χ2n) is 6.65. The predicted molar refractivity (Wildman–Crippen MR) is 104 cm³/mol. The van der Waals surface area contributed by atoms with Crippen molar-refractivity contribution >= 4 is 17.5 Å². The molecule has 0 aliphatic carbocycles. The molecule has 29 heavy (non-hydrogen) atoms. The van der Waals surface area contributed by atoms with Crippen molar-refractivity contribution in [3.63, 3.8) is 0 Å². The number of nitrogens with one attached hydrogen (secondary N) is 1. The Kier molecular flexibility index (Phi) is 4.99. The molecule has 1 atom stereocenters. The summed E-state index contributed by atoms with van der Waals surface area (Å²) in [6.07, 6.45) is 3.30. The molecule has 1 aromatic heterocycles. The van der Waals surface area contributed by atoms with E-state index in [1.807, 2.05) is 0 Å². The normalized spacial score (nSPS) is 14.1. The molecule has 1 N–H and O–H groups in total. The van der Waals surface area contributed by atoms with Gasteiger partial charge in [0.1, 0.15) is 30.0 Å². The maximum atomic E-state index is 14.5. The number of benzene rings is 2. The van der Waals surface area contributed by atoms with Gasteiger partial charge in [0.25, 0.3) is 5.91 Å². The molecule has 1 aliphatic rings. The van der Waals surface area contributed by atoms with Crippen LogP contribution in [0, 0.1) is 5.82 Å². The molecular formula is C21H19FN4O3. The van der Waals surface area contributed by atoms with Gasteiger partial charge in [-0.2, -0.15) is 0 Å². The van der Waals surface area contributed by atoms with E-state index in [0.717, 1.165) is 0 Å². The quantitative estimate of drug-likeness (QED) is 0.720. The van der Waals surface area contributed by atoms with E-state index in [0.29, 0.717) is 22.8 Å². The first-order valence-electron chi connectivity index (χ1n) is 9.08. The van der Waals surface area contributed by atoms with E-state index in [9.17, 15) is 14.0 Å². The fourth-order valence-electron chi connectivity index (χ4n) is 3.32. The highest BCUT2D eigenvalue weighted by atomic mass is 19.1. The number of hydrogen-bond acceptors (Lipinski definition) is 4. The predicted octanol–water partition coefficient (Wildman–Crippen LogP) is 2.19. The number of aryl methyl sites for hydroxylation is 1. The third-order valence-electron chi connectivity index (χ3n) is 4.75. The maximum absolute atomic E-state index is 14.5. The lowest BCUT2D eigenvalue weighted by Crippen LogP contribution is -2.46. The molecule has 148 valence electrons. The van der Waals surface area contributed by atoms with Gasteiger partial charge in [0, 0.05) is 25.0 Å². The van der Waals surface area contributed by atoms with E-state index in [2.05, 4.69) is 10.3 Å². The zero-order valence-corrected chi connectivity index (χ0v) is 15.7. The lowest BCUT2D eigenvalue weighted by Gasteiger charge is -2.29. The number of ether oxygens (including phenoxy) is 1. The molecule has 2 heterocycles. The summed E-state index contributed by atoms with van der Waals surface area (Å²) in [5.41, 5.74) is 0.821. The number of hydrogen-bond donors (Lipinski definition) is 1. The van der Waals surface area contributed by atoms with E-state index in [4.69, 9.17) is 4.74 Å². The number of aromatic nitrogens is 2. The van der Waals surface area contributed by atoms with Gasteiger partial charge in [-0.05, 0) is 18.2 Å². The molecule has 0 fully saturated rings. The van der Waals surface area contributed by atoms with Crippen LogP contribution < -0.4 is 15.0 Å². The number of carbonyl (C=O) groups is 2. The number of amides is 2. The number of rotatable bonds is 5. The Morgan fingerprint density at radius 3 is 2.76 bits per heavy atom. The summed E-state index contributed by atoms with van der Waals surface area (Å²) in [7, 11) is 1.77. The highest BCUT2D eigenvalue weighted by Gasteiger charge is 2.29. The summed E-state index contributed by atoms with van der Waals surface area (Å²) in [5.74, 6) is -0.190. The molecular weight excluding hydrogens is 375 g/mol. The molecule has 7 nitrogen and oxygen atoms in total. The van der Waals surface area contributed by atoms with E-state index >= 15 is 0 Å². The fourth-order valence-corrected chi connectivity index (χ4v) is 3.32. The largest absolute Gasteiger partial charge is 0.482 e. The summed E-state index contributed by atoms with van der Waals surface area (Å²) in [5, 5.41) is 2.82. The van der Waals surface area contributed by atoms with Crippen molar-refractivity contribution < 1.29 is 18.7 Å². The third-order valence-corrected chi connectivity index (χ3v) is 4.75. The van der Waals surface area contributed by atoms with Crippen LogP contribution >= 0.6 is 0 Å². The van der Waals surface area contributed by atoms with E-state index in [1.165, 1.54) is 11.0 Å². The van der Waals surface area contributed by atoms with Gasteiger partial charge in [0.15, 0.2) is 6.61 Å². The van der Waals surface area contributed by atoms with Crippen molar-refractivity contribution in [1.29, 1.82) is 0 Å². The molecule has 2 amide bonds. The summed E-state index contributed by atoms with van der Waals surface area (Å²) in [6, 6.07) is 12.4. The first-order chi connectivity index (χ1) is 14.0. The standard InChI is InChI=1S/C21H19FN4O3/c1-25-11-10-23-21(25)20(14-6-2-3-7-15(14)22)24-18(27)12-26-16-8-4-5-9-17(16)29-13-19(26)28/h2-11,20H,12-13H2,1H3,(H,24,27). The van der Waals surface area contributed by atoms with Crippen molar-refractivity contribution in [2.75, 3.05) is 18.1 Å². The van der Waals surface area contributed by atoms with Gasteiger partial charge in [-0.15, -0.1) is 0 Å². The van der Waals surface area contributed by atoms with Crippen LogP contribution in [0.25, 0.3) is 0 Å². The molecule has 4 rings (SSSR count). The van der Waals surface area contributed by atoms with Gasteiger partial charge in [-0.1, -0.05) is 30.3 Å². The second-order valence-corrected chi connectivity index (χ2v) is 6.65. The Labute approximate surface area is 166 Å². The lowest BCUT2D eigenvalue weighted by atomic mass is 10.1. The zero-order chi connectivity index (χ0) is 20.4. The fraction of sp³-hybridized carbons (Fsp3) is 0.190. The van der Waals surface area contributed by atoms with Gasteiger partial charge in [-0.3, -0.25) is 14.5 Å². The molecule has 0 radical (unpaired) electrons. The molecule has 0 spiro atoms. The highest BCUT2D eigenvalue weighted by Crippen LogP contribution is 2.31. The van der Waals surface area contributed by atoms with Crippen molar-refractivity contribution in [2.24, 2.45) is 7.05 Å². The summed E-state index contributed by atoms with van der Waals surface area (Å²) < 4.78 is 21.6. The van der Waals surface area contributed by atoms with Crippen molar-refractivity contribution in [3.8, 4) is 5.75 Å².